The largest absolute Gasteiger partial charge is 0.379 e. The van der Waals surface area contributed by atoms with Crippen LogP contribution in [0.25, 0.3) is 0 Å². The maximum atomic E-state index is 5.33. The van der Waals surface area contributed by atoms with Crippen molar-refractivity contribution in [3.8, 4) is 0 Å². The van der Waals surface area contributed by atoms with Crippen LogP contribution in [0.1, 0.15) is 6.92 Å². The van der Waals surface area contributed by atoms with E-state index in [9.17, 15) is 0 Å². The molecule has 4 heteroatoms. The molecule has 2 fully saturated rings. The van der Waals surface area contributed by atoms with E-state index in [1.807, 2.05) is 0 Å². The van der Waals surface area contributed by atoms with Gasteiger partial charge in [-0.15, -0.1) is 0 Å². The molecule has 0 aromatic rings. The van der Waals surface area contributed by atoms with Crippen molar-refractivity contribution in [2.75, 3.05) is 45.9 Å². The van der Waals surface area contributed by atoms with E-state index in [2.05, 4.69) is 22.5 Å². The van der Waals surface area contributed by atoms with Crippen LogP contribution in [0, 0.1) is 0 Å². The van der Waals surface area contributed by atoms with Gasteiger partial charge in [-0.1, -0.05) is 0 Å². The van der Waals surface area contributed by atoms with Gasteiger partial charge in [0.25, 0.3) is 0 Å². The molecule has 2 N–H and O–H groups in total. The van der Waals surface area contributed by atoms with E-state index < -0.39 is 0 Å². The summed E-state index contributed by atoms with van der Waals surface area (Å²) in [6, 6.07) is 1.24. The Bertz CT molecular complexity index is 163. The molecule has 0 aromatic carbocycles. The first-order valence-corrected chi connectivity index (χ1v) is 5.61. The molecule has 0 saturated carbocycles. The molecule has 14 heavy (non-hydrogen) atoms. The lowest BCUT2D eigenvalue weighted by atomic mass is 10.1. The zero-order valence-electron chi connectivity index (χ0n) is 8.96. The molecule has 0 spiro atoms. The lowest BCUT2D eigenvalue weighted by Gasteiger charge is -2.34. The number of nitrogens with one attached hydrogen (secondary N) is 2. The Balaban J connectivity index is 1.68. The van der Waals surface area contributed by atoms with Crippen LogP contribution in [-0.4, -0.2) is 62.9 Å². The van der Waals surface area contributed by atoms with E-state index in [1.165, 1.54) is 0 Å². The summed E-state index contributed by atoms with van der Waals surface area (Å²) in [5.74, 6) is 0. The van der Waals surface area contributed by atoms with Crippen molar-refractivity contribution < 1.29 is 4.74 Å². The van der Waals surface area contributed by atoms with E-state index in [1.54, 1.807) is 0 Å². The van der Waals surface area contributed by atoms with E-state index >= 15 is 0 Å². The SMILES string of the molecule is CC1CNC(CN2CCOCC2)CN1. The molecule has 2 unspecified atom stereocenters. The molecule has 0 amide bonds. The standard InChI is InChI=1S/C10H21N3O/c1-9-6-12-10(7-11-9)8-13-2-4-14-5-3-13/h9-12H,2-8H2,1H3. The highest BCUT2D eigenvalue weighted by Crippen LogP contribution is 2.00. The predicted octanol–water partition coefficient (Wildman–Crippen LogP) is -0.731. The lowest BCUT2D eigenvalue weighted by Crippen LogP contribution is -2.57. The van der Waals surface area contributed by atoms with Crippen LogP contribution >= 0.6 is 0 Å². The van der Waals surface area contributed by atoms with Crippen molar-refractivity contribution in [1.82, 2.24) is 15.5 Å². The monoisotopic (exact) mass is 199 g/mol. The molecule has 0 aromatic heterocycles. The van der Waals surface area contributed by atoms with E-state index in [4.69, 9.17) is 4.74 Å². The van der Waals surface area contributed by atoms with Crippen molar-refractivity contribution in [1.29, 1.82) is 0 Å². The van der Waals surface area contributed by atoms with Crippen LogP contribution in [0.2, 0.25) is 0 Å². The minimum absolute atomic E-state index is 0.615. The van der Waals surface area contributed by atoms with Crippen molar-refractivity contribution in [3.63, 3.8) is 0 Å². The molecule has 2 saturated heterocycles. The molecule has 2 heterocycles. The van der Waals surface area contributed by atoms with E-state index in [-0.39, 0.29) is 0 Å². The zero-order valence-corrected chi connectivity index (χ0v) is 8.96. The predicted molar refractivity (Wildman–Crippen MR) is 56.5 cm³/mol. The van der Waals surface area contributed by atoms with Gasteiger partial charge in [-0.3, -0.25) is 4.90 Å². The number of piperazine rings is 1. The van der Waals surface area contributed by atoms with Gasteiger partial charge in [-0.25, -0.2) is 0 Å². The van der Waals surface area contributed by atoms with Gasteiger partial charge in [0.1, 0.15) is 0 Å². The molecule has 0 aliphatic carbocycles. The maximum absolute atomic E-state index is 5.33. The van der Waals surface area contributed by atoms with Gasteiger partial charge in [0.05, 0.1) is 13.2 Å². The first-order valence-electron chi connectivity index (χ1n) is 5.61. The molecule has 2 atom stereocenters. The highest BCUT2D eigenvalue weighted by Gasteiger charge is 2.20. The van der Waals surface area contributed by atoms with E-state index in [0.717, 1.165) is 45.9 Å². The molecule has 2 aliphatic heterocycles. The molecule has 0 radical (unpaired) electrons. The Morgan fingerprint density at radius 1 is 1.21 bits per heavy atom. The molecular weight excluding hydrogens is 178 g/mol. The second kappa shape index (κ2) is 5.07. The molecule has 0 bridgehead atoms. The Morgan fingerprint density at radius 3 is 2.64 bits per heavy atom. The topological polar surface area (TPSA) is 36.5 Å². The first kappa shape index (κ1) is 10.4. The van der Waals surface area contributed by atoms with Gasteiger partial charge in [-0.2, -0.15) is 0 Å². The van der Waals surface area contributed by atoms with Gasteiger partial charge in [0, 0.05) is 44.8 Å². The average Bonchev–Trinajstić information content (AvgIpc) is 2.23. The normalized spacial score (nSPS) is 35.8. The number of rotatable bonds is 2. The fourth-order valence-electron chi connectivity index (χ4n) is 2.06. The van der Waals surface area contributed by atoms with Crippen molar-refractivity contribution in [2.45, 2.75) is 19.0 Å². The smallest absolute Gasteiger partial charge is 0.0594 e. The van der Waals surface area contributed by atoms with Gasteiger partial charge in [0.2, 0.25) is 0 Å². The molecule has 4 nitrogen and oxygen atoms in total. The van der Waals surface area contributed by atoms with Crippen molar-refractivity contribution in [2.24, 2.45) is 0 Å². The fourth-order valence-corrected chi connectivity index (χ4v) is 2.06. The number of hydrogen-bond acceptors (Lipinski definition) is 4. The first-order chi connectivity index (χ1) is 6.84. The lowest BCUT2D eigenvalue weighted by molar-refractivity contribution is 0.0323. The average molecular weight is 199 g/mol. The number of hydrogen-bond donors (Lipinski definition) is 2. The van der Waals surface area contributed by atoms with Crippen molar-refractivity contribution >= 4 is 0 Å². The van der Waals surface area contributed by atoms with Crippen LogP contribution in [0.15, 0.2) is 0 Å². The molecular formula is C10H21N3O. The Morgan fingerprint density at radius 2 is 2.00 bits per heavy atom. The number of ether oxygens (including phenoxy) is 1. The summed E-state index contributed by atoms with van der Waals surface area (Å²) < 4.78 is 5.33. The van der Waals surface area contributed by atoms with Crippen molar-refractivity contribution in [3.05, 3.63) is 0 Å². The summed E-state index contributed by atoms with van der Waals surface area (Å²) >= 11 is 0. The minimum atomic E-state index is 0.615. The van der Waals surface area contributed by atoms with Crippen LogP contribution < -0.4 is 10.6 Å². The summed E-state index contributed by atoms with van der Waals surface area (Å²) in [6.07, 6.45) is 0. The van der Waals surface area contributed by atoms with Crippen LogP contribution in [0.3, 0.4) is 0 Å². The number of nitrogens with zero attached hydrogens (tertiary/aromatic N) is 1. The Kier molecular flexibility index (Phi) is 3.75. The maximum Gasteiger partial charge on any atom is 0.0594 e. The quantitative estimate of drug-likeness (QED) is 0.615. The molecule has 2 rings (SSSR count). The van der Waals surface area contributed by atoms with Gasteiger partial charge >= 0.3 is 0 Å². The summed E-state index contributed by atoms with van der Waals surface area (Å²) in [4.78, 5) is 2.48. The Labute approximate surface area is 86.0 Å². The van der Waals surface area contributed by atoms with Gasteiger partial charge in [0.15, 0.2) is 0 Å². The minimum Gasteiger partial charge on any atom is -0.379 e. The fraction of sp³-hybridized carbons (Fsp3) is 1.00. The van der Waals surface area contributed by atoms with Crippen LogP contribution in [-0.2, 0) is 4.74 Å². The van der Waals surface area contributed by atoms with Crippen LogP contribution in [0.5, 0.6) is 0 Å². The Hall–Kier alpha value is -0.160. The zero-order chi connectivity index (χ0) is 9.80. The van der Waals surface area contributed by atoms with Gasteiger partial charge < -0.3 is 15.4 Å². The third-order valence-electron chi connectivity index (χ3n) is 3.01. The van der Waals surface area contributed by atoms with E-state index in [0.29, 0.717) is 12.1 Å². The second-order valence-electron chi connectivity index (χ2n) is 4.33. The summed E-state index contributed by atoms with van der Waals surface area (Å²) in [7, 11) is 0. The molecule has 82 valence electrons. The third kappa shape index (κ3) is 2.92. The number of morpholine rings is 1. The summed E-state index contributed by atoms with van der Waals surface area (Å²) in [5, 5.41) is 7.07. The van der Waals surface area contributed by atoms with Crippen LogP contribution in [0.4, 0.5) is 0 Å². The summed E-state index contributed by atoms with van der Waals surface area (Å²) in [6.45, 7) is 9.54. The van der Waals surface area contributed by atoms with Gasteiger partial charge in [-0.05, 0) is 6.92 Å². The highest BCUT2D eigenvalue weighted by atomic mass is 16.5. The highest BCUT2D eigenvalue weighted by molar-refractivity contribution is 4.83. The second-order valence-corrected chi connectivity index (χ2v) is 4.33. The third-order valence-corrected chi connectivity index (χ3v) is 3.01. The summed E-state index contributed by atoms with van der Waals surface area (Å²) in [5.41, 5.74) is 0. The molecule has 2 aliphatic rings.